The summed E-state index contributed by atoms with van der Waals surface area (Å²) in [5.74, 6) is 0. The van der Waals surface area contributed by atoms with Gasteiger partial charge in [-0.1, -0.05) is 0 Å². The van der Waals surface area contributed by atoms with Gasteiger partial charge in [0, 0.05) is 8.41 Å². The molecule has 0 saturated heterocycles. The predicted octanol–water partition coefficient (Wildman–Crippen LogP) is -3.43. The number of hydrogen-bond donors (Lipinski definition) is 1. The van der Waals surface area contributed by atoms with Gasteiger partial charge in [0.2, 0.25) is 0 Å². The first-order chi connectivity index (χ1) is 1.41. The first-order valence-electron chi connectivity index (χ1n) is 1.00. The first-order valence-corrected chi connectivity index (χ1v) is 1.00. The molecule has 0 aromatic carbocycles. The van der Waals surface area contributed by atoms with Crippen LogP contribution < -0.4 is 34.9 Å². The van der Waals surface area contributed by atoms with E-state index in [2.05, 4.69) is 5.32 Å². The zero-order valence-corrected chi connectivity index (χ0v) is 6.08. The van der Waals surface area contributed by atoms with Crippen LogP contribution in [0.1, 0.15) is 1.43 Å². The van der Waals surface area contributed by atoms with Gasteiger partial charge in [-0.05, 0) is 14.1 Å². The Morgan fingerprint density at radius 3 is 1.40 bits per heavy atom. The molecule has 0 aliphatic heterocycles. The van der Waals surface area contributed by atoms with Crippen LogP contribution in [-0.4, -0.2) is 22.5 Å². The van der Waals surface area contributed by atoms with Gasteiger partial charge >= 0.3 is 29.6 Å². The maximum Gasteiger partial charge on any atom is 1.00 e. The summed E-state index contributed by atoms with van der Waals surface area (Å²) < 4.78 is 0. The van der Waals surface area contributed by atoms with Gasteiger partial charge in [0.15, 0.2) is 0 Å². The van der Waals surface area contributed by atoms with E-state index in [-0.39, 0.29) is 39.4 Å². The quantitative estimate of drug-likeness (QED) is 0.299. The van der Waals surface area contributed by atoms with Crippen molar-refractivity contribution in [1.29, 1.82) is 0 Å². The average Bonchev–Trinajstić information content (AvgIpc) is 0.918. The molecular weight excluding hydrogens is 71.8 g/mol. The van der Waals surface area contributed by atoms with Gasteiger partial charge in [-0.15, -0.1) is 0 Å². The summed E-state index contributed by atoms with van der Waals surface area (Å²) in [6, 6.07) is 0. The standard InChI is InChI=1S/C2H7N.B.Na.H/c1-3-2;;;/h3H,1-2H3;;;/q;;+1;-1. The summed E-state index contributed by atoms with van der Waals surface area (Å²) in [4.78, 5) is 0. The third-order valence-corrected chi connectivity index (χ3v) is 0. The zero-order chi connectivity index (χ0) is 2.71. The second kappa shape index (κ2) is 19.9. The van der Waals surface area contributed by atoms with Crippen LogP contribution in [-0.2, 0) is 0 Å². The minimum absolute atomic E-state index is 0. The van der Waals surface area contributed by atoms with Crippen molar-refractivity contribution in [2.45, 2.75) is 0 Å². The molecule has 3 heteroatoms. The molecule has 0 spiro atoms. The van der Waals surface area contributed by atoms with Crippen LogP contribution in [0, 0.1) is 0 Å². The Bertz CT molecular complexity index is 13.5. The van der Waals surface area contributed by atoms with Gasteiger partial charge in [0.25, 0.3) is 0 Å². The van der Waals surface area contributed by atoms with Crippen molar-refractivity contribution in [3.63, 3.8) is 0 Å². The third-order valence-electron chi connectivity index (χ3n) is 0. The van der Waals surface area contributed by atoms with E-state index in [1.807, 2.05) is 14.1 Å². The molecular formula is C2H8BNNa. The van der Waals surface area contributed by atoms with Crippen molar-refractivity contribution >= 4 is 8.41 Å². The number of nitrogens with one attached hydrogen (secondary N) is 1. The fourth-order valence-electron chi connectivity index (χ4n) is 0. The molecule has 1 N–H and O–H groups in total. The smallest absolute Gasteiger partial charge is 1.00 e. The molecule has 3 radical (unpaired) electrons. The molecule has 0 saturated carbocycles. The molecule has 0 unspecified atom stereocenters. The van der Waals surface area contributed by atoms with Crippen molar-refractivity contribution in [2.24, 2.45) is 0 Å². The molecule has 0 aliphatic carbocycles. The molecule has 0 aromatic rings. The Kier molecular flexibility index (Phi) is 66.0. The Hall–Kier alpha value is 1.02. The molecule has 25 valence electrons. The summed E-state index contributed by atoms with van der Waals surface area (Å²) in [5.41, 5.74) is 0. The summed E-state index contributed by atoms with van der Waals surface area (Å²) in [5, 5.41) is 2.75. The van der Waals surface area contributed by atoms with E-state index in [0.717, 1.165) is 0 Å². The summed E-state index contributed by atoms with van der Waals surface area (Å²) >= 11 is 0. The van der Waals surface area contributed by atoms with E-state index in [1.165, 1.54) is 0 Å². The Morgan fingerprint density at radius 2 is 1.40 bits per heavy atom. The maximum atomic E-state index is 2.75. The maximum absolute atomic E-state index is 2.75. The van der Waals surface area contributed by atoms with Gasteiger partial charge in [-0.25, -0.2) is 0 Å². The van der Waals surface area contributed by atoms with E-state index in [0.29, 0.717) is 0 Å². The van der Waals surface area contributed by atoms with Gasteiger partial charge in [-0.3, -0.25) is 0 Å². The average molecular weight is 79.9 g/mol. The molecule has 0 rings (SSSR count). The van der Waals surface area contributed by atoms with Crippen LogP contribution in [0.2, 0.25) is 0 Å². The molecule has 1 nitrogen and oxygen atoms in total. The van der Waals surface area contributed by atoms with Crippen LogP contribution in [0.25, 0.3) is 0 Å². The van der Waals surface area contributed by atoms with E-state index in [1.54, 1.807) is 0 Å². The van der Waals surface area contributed by atoms with Crippen molar-refractivity contribution < 1.29 is 31.0 Å². The van der Waals surface area contributed by atoms with E-state index < -0.39 is 0 Å². The second-order valence-electron chi connectivity index (χ2n) is 0.500. The summed E-state index contributed by atoms with van der Waals surface area (Å²) in [6.07, 6.45) is 0. The van der Waals surface area contributed by atoms with Gasteiger partial charge in [0.1, 0.15) is 0 Å². The number of rotatable bonds is 0. The zero-order valence-electron chi connectivity index (χ0n) is 5.08. The largest absolute Gasteiger partial charge is 1.00 e. The normalized spacial score (nSPS) is 3.60. The van der Waals surface area contributed by atoms with Crippen molar-refractivity contribution in [1.82, 2.24) is 5.32 Å². The minimum Gasteiger partial charge on any atom is -1.00 e. The first kappa shape index (κ1) is 16.6. The Labute approximate surface area is 58.9 Å². The van der Waals surface area contributed by atoms with Crippen LogP contribution in [0.3, 0.4) is 0 Å². The molecule has 5 heavy (non-hydrogen) atoms. The molecule has 0 aliphatic rings. The molecule has 0 amide bonds. The SMILES string of the molecule is CNC.[B].[H-].[Na+]. The molecule has 0 atom stereocenters. The van der Waals surface area contributed by atoms with Crippen LogP contribution in [0.5, 0.6) is 0 Å². The van der Waals surface area contributed by atoms with Gasteiger partial charge in [-0.2, -0.15) is 0 Å². The molecule has 0 aromatic heterocycles. The Balaban J connectivity index is -0.00000000667. The fraction of sp³-hybridized carbons (Fsp3) is 1.00. The van der Waals surface area contributed by atoms with Crippen molar-refractivity contribution in [3.8, 4) is 0 Å². The topological polar surface area (TPSA) is 12.0 Å². The predicted molar refractivity (Wildman–Crippen MR) is 21.8 cm³/mol. The molecule has 0 heterocycles. The monoisotopic (exact) mass is 80.1 g/mol. The van der Waals surface area contributed by atoms with Crippen LogP contribution in [0.4, 0.5) is 0 Å². The third kappa shape index (κ3) is 43.8. The summed E-state index contributed by atoms with van der Waals surface area (Å²) in [7, 11) is 3.75. The van der Waals surface area contributed by atoms with Gasteiger partial charge in [0.05, 0.1) is 0 Å². The van der Waals surface area contributed by atoms with Crippen LogP contribution in [0.15, 0.2) is 0 Å². The second-order valence-corrected chi connectivity index (χ2v) is 0.500. The van der Waals surface area contributed by atoms with Gasteiger partial charge < -0.3 is 6.74 Å². The van der Waals surface area contributed by atoms with E-state index in [4.69, 9.17) is 0 Å². The Morgan fingerprint density at radius 1 is 1.40 bits per heavy atom. The van der Waals surface area contributed by atoms with E-state index >= 15 is 0 Å². The molecule has 0 bridgehead atoms. The van der Waals surface area contributed by atoms with E-state index in [9.17, 15) is 0 Å². The number of hydrogen-bond acceptors (Lipinski definition) is 1. The minimum atomic E-state index is 0. The van der Waals surface area contributed by atoms with Crippen LogP contribution >= 0.6 is 0 Å². The fourth-order valence-corrected chi connectivity index (χ4v) is 0. The summed E-state index contributed by atoms with van der Waals surface area (Å²) in [6.45, 7) is 0. The van der Waals surface area contributed by atoms with Crippen molar-refractivity contribution in [2.75, 3.05) is 14.1 Å². The van der Waals surface area contributed by atoms with Crippen molar-refractivity contribution in [3.05, 3.63) is 0 Å². The molecule has 0 fully saturated rings.